The van der Waals surface area contributed by atoms with Crippen molar-refractivity contribution >= 4 is 29.9 Å². The lowest BCUT2D eigenvalue weighted by Gasteiger charge is -2.15. The number of hydrogen-bond donors (Lipinski definition) is 2. The molecule has 1 heterocycles. The second-order valence-corrected chi connectivity index (χ2v) is 4.99. The molecule has 1 atom stereocenters. The molecule has 1 saturated heterocycles. The van der Waals surface area contributed by atoms with E-state index < -0.39 is 0 Å². The molecule has 0 aliphatic carbocycles. The molecule has 1 aromatic carbocycles. The summed E-state index contributed by atoms with van der Waals surface area (Å²) in [7, 11) is 1.52. The van der Waals surface area contributed by atoms with Gasteiger partial charge in [-0.1, -0.05) is 11.6 Å². The van der Waals surface area contributed by atoms with Crippen LogP contribution in [0.3, 0.4) is 0 Å². The molecule has 1 fully saturated rings. The molecule has 0 spiro atoms. The summed E-state index contributed by atoms with van der Waals surface area (Å²) in [4.78, 5) is 12.2. The standard InChI is InChI=1S/C14H19ClN2O3.ClH/c1-3-20-13-11(15)6-9(7-12(13)19-2)14(18)17-10-4-5-16-8-10;/h6-7,10,16H,3-5,8H2,1-2H3,(H,17,18);1H. The first-order chi connectivity index (χ1) is 9.65. The van der Waals surface area contributed by atoms with E-state index in [-0.39, 0.29) is 24.4 Å². The predicted octanol–water partition coefficient (Wildman–Crippen LogP) is 2.26. The Morgan fingerprint density at radius 3 is 2.86 bits per heavy atom. The Morgan fingerprint density at radius 2 is 2.29 bits per heavy atom. The third-order valence-corrected chi connectivity index (χ3v) is 3.46. The highest BCUT2D eigenvalue weighted by molar-refractivity contribution is 6.32. The summed E-state index contributed by atoms with van der Waals surface area (Å²) < 4.78 is 10.7. The van der Waals surface area contributed by atoms with Gasteiger partial charge in [0.1, 0.15) is 0 Å². The van der Waals surface area contributed by atoms with Crippen molar-refractivity contribution in [2.45, 2.75) is 19.4 Å². The van der Waals surface area contributed by atoms with Crippen molar-refractivity contribution in [1.82, 2.24) is 10.6 Å². The van der Waals surface area contributed by atoms with Gasteiger partial charge in [0, 0.05) is 18.2 Å². The van der Waals surface area contributed by atoms with Crippen LogP contribution in [0.15, 0.2) is 12.1 Å². The molecule has 0 aromatic heterocycles. The van der Waals surface area contributed by atoms with E-state index in [0.717, 1.165) is 19.5 Å². The van der Waals surface area contributed by atoms with E-state index in [1.807, 2.05) is 6.92 Å². The van der Waals surface area contributed by atoms with Gasteiger partial charge in [0.15, 0.2) is 11.5 Å². The van der Waals surface area contributed by atoms with Crippen molar-refractivity contribution in [3.63, 3.8) is 0 Å². The Kier molecular flexibility index (Phi) is 7.08. The number of amides is 1. The Balaban J connectivity index is 0.00000220. The molecule has 1 amide bonds. The quantitative estimate of drug-likeness (QED) is 0.867. The van der Waals surface area contributed by atoms with Gasteiger partial charge in [-0.25, -0.2) is 0 Å². The van der Waals surface area contributed by atoms with Crippen molar-refractivity contribution in [3.05, 3.63) is 22.7 Å². The van der Waals surface area contributed by atoms with Gasteiger partial charge < -0.3 is 20.1 Å². The number of rotatable bonds is 5. The molecule has 21 heavy (non-hydrogen) atoms. The zero-order chi connectivity index (χ0) is 14.5. The minimum atomic E-state index is -0.151. The Bertz CT molecular complexity index is 491. The first kappa shape index (κ1) is 17.9. The maximum Gasteiger partial charge on any atom is 0.251 e. The molecule has 0 saturated carbocycles. The van der Waals surface area contributed by atoms with Gasteiger partial charge >= 0.3 is 0 Å². The number of carbonyl (C=O) groups excluding carboxylic acids is 1. The first-order valence-corrected chi connectivity index (χ1v) is 7.05. The van der Waals surface area contributed by atoms with Crippen LogP contribution in [0.25, 0.3) is 0 Å². The summed E-state index contributed by atoms with van der Waals surface area (Å²) in [6.45, 7) is 4.07. The third-order valence-electron chi connectivity index (χ3n) is 3.18. The smallest absolute Gasteiger partial charge is 0.251 e. The van der Waals surface area contributed by atoms with Crippen LogP contribution in [-0.2, 0) is 0 Å². The molecule has 1 aliphatic rings. The summed E-state index contributed by atoms with van der Waals surface area (Å²) in [6.07, 6.45) is 0.938. The van der Waals surface area contributed by atoms with Crippen LogP contribution in [0.5, 0.6) is 11.5 Å². The molecule has 7 heteroatoms. The molecular weight excluding hydrogens is 315 g/mol. The highest BCUT2D eigenvalue weighted by atomic mass is 35.5. The highest BCUT2D eigenvalue weighted by Gasteiger charge is 2.20. The van der Waals surface area contributed by atoms with Crippen LogP contribution in [0.1, 0.15) is 23.7 Å². The largest absolute Gasteiger partial charge is 0.493 e. The number of carbonyl (C=O) groups is 1. The number of nitrogens with one attached hydrogen (secondary N) is 2. The zero-order valence-corrected chi connectivity index (χ0v) is 13.6. The average molecular weight is 335 g/mol. The Hall–Kier alpha value is -1.17. The van der Waals surface area contributed by atoms with Gasteiger partial charge in [-0.2, -0.15) is 0 Å². The number of hydrogen-bond acceptors (Lipinski definition) is 4. The lowest BCUT2D eigenvalue weighted by atomic mass is 10.1. The molecule has 0 bridgehead atoms. The summed E-state index contributed by atoms with van der Waals surface area (Å²) in [5.74, 6) is 0.784. The maximum atomic E-state index is 12.2. The number of ether oxygens (including phenoxy) is 2. The predicted molar refractivity (Wildman–Crippen MR) is 85.2 cm³/mol. The molecule has 1 unspecified atom stereocenters. The molecule has 0 radical (unpaired) electrons. The molecule has 118 valence electrons. The van der Waals surface area contributed by atoms with Gasteiger partial charge in [0.2, 0.25) is 0 Å². The fourth-order valence-electron chi connectivity index (χ4n) is 2.18. The van der Waals surface area contributed by atoms with Crippen LogP contribution in [0, 0.1) is 0 Å². The summed E-state index contributed by atoms with van der Waals surface area (Å²) in [5.41, 5.74) is 0.474. The monoisotopic (exact) mass is 334 g/mol. The minimum absolute atomic E-state index is 0. The van der Waals surface area contributed by atoms with E-state index >= 15 is 0 Å². The topological polar surface area (TPSA) is 59.6 Å². The molecule has 1 aliphatic heterocycles. The first-order valence-electron chi connectivity index (χ1n) is 6.67. The van der Waals surface area contributed by atoms with E-state index in [4.69, 9.17) is 21.1 Å². The maximum absolute atomic E-state index is 12.2. The number of methoxy groups -OCH3 is 1. The number of halogens is 2. The lowest BCUT2D eigenvalue weighted by molar-refractivity contribution is 0.0939. The van der Waals surface area contributed by atoms with Crippen LogP contribution >= 0.6 is 24.0 Å². The highest BCUT2D eigenvalue weighted by Crippen LogP contribution is 2.36. The van der Waals surface area contributed by atoms with Gasteiger partial charge in [-0.15, -0.1) is 12.4 Å². The molecule has 1 aromatic rings. The third kappa shape index (κ3) is 4.40. The van der Waals surface area contributed by atoms with E-state index in [1.54, 1.807) is 12.1 Å². The molecule has 2 rings (SSSR count). The zero-order valence-electron chi connectivity index (χ0n) is 12.1. The van der Waals surface area contributed by atoms with Crippen molar-refractivity contribution in [2.24, 2.45) is 0 Å². The van der Waals surface area contributed by atoms with Crippen LogP contribution in [0.2, 0.25) is 5.02 Å². The number of benzene rings is 1. The fourth-order valence-corrected chi connectivity index (χ4v) is 2.45. The van der Waals surface area contributed by atoms with Crippen molar-refractivity contribution in [3.8, 4) is 11.5 Å². The van der Waals surface area contributed by atoms with Crippen molar-refractivity contribution in [1.29, 1.82) is 0 Å². The summed E-state index contributed by atoms with van der Waals surface area (Å²) >= 11 is 6.16. The Labute approximate surface area is 135 Å². The second-order valence-electron chi connectivity index (χ2n) is 4.59. The minimum Gasteiger partial charge on any atom is -0.493 e. The van der Waals surface area contributed by atoms with E-state index in [2.05, 4.69) is 10.6 Å². The normalized spacial score (nSPS) is 17.0. The lowest BCUT2D eigenvalue weighted by Crippen LogP contribution is -2.36. The molecule has 2 N–H and O–H groups in total. The average Bonchev–Trinajstić information content (AvgIpc) is 2.93. The SMILES string of the molecule is CCOc1c(Cl)cc(C(=O)NC2CCNC2)cc1OC.Cl. The second kappa shape index (κ2) is 8.32. The van der Waals surface area contributed by atoms with Crippen molar-refractivity contribution in [2.75, 3.05) is 26.8 Å². The summed E-state index contributed by atoms with van der Waals surface area (Å²) in [5, 5.41) is 6.55. The molecular formula is C14H20Cl2N2O3. The van der Waals surface area contributed by atoms with Gasteiger partial charge in [0.05, 0.1) is 18.7 Å². The van der Waals surface area contributed by atoms with E-state index in [0.29, 0.717) is 28.7 Å². The summed E-state index contributed by atoms with van der Waals surface area (Å²) in [6, 6.07) is 3.42. The fraction of sp³-hybridized carbons (Fsp3) is 0.500. The van der Waals surface area contributed by atoms with Gasteiger partial charge in [-0.3, -0.25) is 4.79 Å². The van der Waals surface area contributed by atoms with E-state index in [9.17, 15) is 4.79 Å². The van der Waals surface area contributed by atoms with Crippen molar-refractivity contribution < 1.29 is 14.3 Å². The van der Waals surface area contributed by atoms with Gasteiger partial charge in [-0.05, 0) is 32.0 Å². The molecule has 5 nitrogen and oxygen atoms in total. The van der Waals surface area contributed by atoms with Crippen LogP contribution in [0.4, 0.5) is 0 Å². The Morgan fingerprint density at radius 1 is 1.52 bits per heavy atom. The van der Waals surface area contributed by atoms with Crippen LogP contribution < -0.4 is 20.1 Å². The van der Waals surface area contributed by atoms with E-state index in [1.165, 1.54) is 7.11 Å². The van der Waals surface area contributed by atoms with Gasteiger partial charge in [0.25, 0.3) is 5.91 Å². The van der Waals surface area contributed by atoms with Crippen LogP contribution in [-0.4, -0.2) is 38.8 Å².